The van der Waals surface area contributed by atoms with Gasteiger partial charge in [-0.3, -0.25) is 4.98 Å². The number of aromatic nitrogens is 1. The summed E-state index contributed by atoms with van der Waals surface area (Å²) >= 11 is 0. The Morgan fingerprint density at radius 1 is 1.18 bits per heavy atom. The molecule has 1 N–H and O–H groups in total. The third kappa shape index (κ3) is 2.74. The van der Waals surface area contributed by atoms with Gasteiger partial charge in [0.25, 0.3) is 0 Å². The van der Waals surface area contributed by atoms with Crippen LogP contribution in [0.1, 0.15) is 15.9 Å². The molecule has 0 atom stereocenters. The Balaban J connectivity index is 1.93. The molecule has 1 heterocycles. The first-order valence-corrected chi connectivity index (χ1v) is 6.63. The lowest BCUT2D eigenvalue weighted by molar-refractivity contribution is 0.0472. The molecule has 3 rings (SSSR count). The third-order valence-electron chi connectivity index (χ3n) is 3.23. The fourth-order valence-electron chi connectivity index (χ4n) is 2.17. The van der Waals surface area contributed by atoms with Crippen LogP contribution in [0.4, 0.5) is 4.39 Å². The minimum Gasteiger partial charge on any atom is -0.507 e. The number of esters is 1. The lowest BCUT2D eigenvalue weighted by Gasteiger charge is -2.09. The monoisotopic (exact) mass is 297 g/mol. The lowest BCUT2D eigenvalue weighted by Crippen LogP contribution is -2.07. The molecule has 0 saturated heterocycles. The second kappa shape index (κ2) is 5.81. The summed E-state index contributed by atoms with van der Waals surface area (Å²) in [5.41, 5.74) is 1.14. The quantitative estimate of drug-likeness (QED) is 0.752. The molecule has 0 aliphatic carbocycles. The standard InChI is InChI=1S/C17H12FNO3/c18-12-8-13-14(19-9-12)6-7-15(20)16(13)17(21)22-10-11-4-2-1-3-5-11/h1-9,20H,10H2. The zero-order chi connectivity index (χ0) is 15.5. The molecule has 2 aromatic carbocycles. The first-order chi connectivity index (χ1) is 10.6. The number of ether oxygens (including phenoxy) is 1. The van der Waals surface area contributed by atoms with E-state index in [-0.39, 0.29) is 23.3 Å². The first kappa shape index (κ1) is 14.0. The van der Waals surface area contributed by atoms with Gasteiger partial charge in [-0.05, 0) is 23.8 Å². The summed E-state index contributed by atoms with van der Waals surface area (Å²) in [5, 5.41) is 10.1. The van der Waals surface area contributed by atoms with E-state index in [4.69, 9.17) is 4.74 Å². The number of phenols is 1. The smallest absolute Gasteiger partial charge is 0.342 e. The Morgan fingerprint density at radius 3 is 2.73 bits per heavy atom. The summed E-state index contributed by atoms with van der Waals surface area (Å²) in [6.45, 7) is 0.0677. The van der Waals surface area contributed by atoms with E-state index >= 15 is 0 Å². The third-order valence-corrected chi connectivity index (χ3v) is 3.23. The highest BCUT2D eigenvalue weighted by molar-refractivity contribution is 6.06. The number of aromatic hydroxyl groups is 1. The van der Waals surface area contributed by atoms with Crippen molar-refractivity contribution >= 4 is 16.9 Å². The van der Waals surface area contributed by atoms with E-state index in [2.05, 4.69) is 4.98 Å². The number of pyridine rings is 1. The molecule has 0 aliphatic heterocycles. The topological polar surface area (TPSA) is 59.4 Å². The number of carbonyl (C=O) groups excluding carboxylic acids is 1. The SMILES string of the molecule is O=C(OCc1ccccc1)c1c(O)ccc2ncc(F)cc12. The Bertz CT molecular complexity index is 829. The van der Waals surface area contributed by atoms with E-state index in [1.165, 1.54) is 12.1 Å². The molecule has 0 spiro atoms. The number of fused-ring (bicyclic) bond motifs is 1. The molecule has 0 aliphatic rings. The van der Waals surface area contributed by atoms with Gasteiger partial charge in [-0.25, -0.2) is 9.18 Å². The largest absolute Gasteiger partial charge is 0.507 e. The normalized spacial score (nSPS) is 10.6. The van der Waals surface area contributed by atoms with Gasteiger partial charge in [0, 0.05) is 5.39 Å². The summed E-state index contributed by atoms with van der Waals surface area (Å²) < 4.78 is 18.6. The molecule has 110 valence electrons. The summed E-state index contributed by atoms with van der Waals surface area (Å²) in [6, 6.07) is 13.2. The number of nitrogens with zero attached hydrogens (tertiary/aromatic N) is 1. The summed E-state index contributed by atoms with van der Waals surface area (Å²) in [4.78, 5) is 16.1. The molecule has 22 heavy (non-hydrogen) atoms. The van der Waals surface area contributed by atoms with Crippen molar-refractivity contribution in [3.05, 3.63) is 71.7 Å². The van der Waals surface area contributed by atoms with Crippen LogP contribution in [-0.2, 0) is 11.3 Å². The molecule has 4 nitrogen and oxygen atoms in total. The molecule has 3 aromatic rings. The van der Waals surface area contributed by atoms with Crippen LogP contribution < -0.4 is 0 Å². The molecule has 0 amide bonds. The van der Waals surface area contributed by atoms with E-state index in [0.29, 0.717) is 5.52 Å². The van der Waals surface area contributed by atoms with Gasteiger partial charge in [0.1, 0.15) is 23.7 Å². The van der Waals surface area contributed by atoms with Crippen molar-refractivity contribution in [2.75, 3.05) is 0 Å². The van der Waals surface area contributed by atoms with Crippen LogP contribution in [0.2, 0.25) is 0 Å². The van der Waals surface area contributed by atoms with Crippen LogP contribution in [0.3, 0.4) is 0 Å². The van der Waals surface area contributed by atoms with Gasteiger partial charge in [-0.2, -0.15) is 0 Å². The minimum atomic E-state index is -0.723. The molecule has 0 fully saturated rings. The molecule has 0 bridgehead atoms. The minimum absolute atomic E-state index is 0.0677. The average Bonchev–Trinajstić information content (AvgIpc) is 2.53. The van der Waals surface area contributed by atoms with Crippen molar-refractivity contribution in [3.8, 4) is 5.75 Å². The molecule has 0 radical (unpaired) electrons. The Hall–Kier alpha value is -2.95. The fourth-order valence-corrected chi connectivity index (χ4v) is 2.17. The van der Waals surface area contributed by atoms with Gasteiger partial charge in [0.05, 0.1) is 11.7 Å². The van der Waals surface area contributed by atoms with E-state index in [1.807, 2.05) is 30.3 Å². The predicted octanol–water partition coefficient (Wildman–Crippen LogP) is 3.44. The highest BCUT2D eigenvalue weighted by Crippen LogP contribution is 2.27. The van der Waals surface area contributed by atoms with E-state index in [1.54, 1.807) is 0 Å². The van der Waals surface area contributed by atoms with Gasteiger partial charge in [-0.15, -0.1) is 0 Å². The van der Waals surface area contributed by atoms with Gasteiger partial charge >= 0.3 is 5.97 Å². The summed E-state index contributed by atoms with van der Waals surface area (Å²) in [7, 11) is 0. The van der Waals surface area contributed by atoms with Gasteiger partial charge in [-0.1, -0.05) is 30.3 Å². The predicted molar refractivity (Wildman–Crippen MR) is 78.9 cm³/mol. The Labute approximate surface area is 125 Å². The van der Waals surface area contributed by atoms with Crippen LogP contribution in [0, 0.1) is 5.82 Å². The highest BCUT2D eigenvalue weighted by Gasteiger charge is 2.18. The van der Waals surface area contributed by atoms with Gasteiger partial charge in [0.2, 0.25) is 0 Å². The van der Waals surface area contributed by atoms with E-state index in [9.17, 15) is 14.3 Å². The van der Waals surface area contributed by atoms with Crippen LogP contribution in [0.25, 0.3) is 10.9 Å². The van der Waals surface area contributed by atoms with Crippen molar-refractivity contribution in [3.63, 3.8) is 0 Å². The van der Waals surface area contributed by atoms with Crippen LogP contribution in [0.5, 0.6) is 5.75 Å². The Kier molecular flexibility index (Phi) is 3.70. The molecular weight excluding hydrogens is 285 g/mol. The highest BCUT2D eigenvalue weighted by atomic mass is 19.1. The lowest BCUT2D eigenvalue weighted by atomic mass is 10.1. The average molecular weight is 297 g/mol. The van der Waals surface area contributed by atoms with Crippen LogP contribution >= 0.6 is 0 Å². The van der Waals surface area contributed by atoms with Gasteiger partial charge < -0.3 is 9.84 Å². The summed E-state index contributed by atoms with van der Waals surface area (Å²) in [6.07, 6.45) is 1.05. The number of phenolic OH excluding ortho intramolecular Hbond substituents is 1. The van der Waals surface area contributed by atoms with Crippen molar-refractivity contribution in [2.45, 2.75) is 6.61 Å². The second-order valence-corrected chi connectivity index (χ2v) is 4.74. The number of benzene rings is 2. The second-order valence-electron chi connectivity index (χ2n) is 4.74. The number of rotatable bonds is 3. The summed E-state index contributed by atoms with van der Waals surface area (Å²) in [5.74, 6) is -1.58. The van der Waals surface area contributed by atoms with Crippen molar-refractivity contribution < 1.29 is 19.0 Å². The maximum atomic E-state index is 13.4. The number of hydrogen-bond acceptors (Lipinski definition) is 4. The fraction of sp³-hybridized carbons (Fsp3) is 0.0588. The molecular formula is C17H12FNO3. The van der Waals surface area contributed by atoms with E-state index in [0.717, 1.165) is 17.8 Å². The number of carbonyl (C=O) groups is 1. The maximum absolute atomic E-state index is 13.4. The zero-order valence-electron chi connectivity index (χ0n) is 11.5. The molecule has 1 aromatic heterocycles. The van der Waals surface area contributed by atoms with Crippen LogP contribution in [-0.4, -0.2) is 16.1 Å². The first-order valence-electron chi connectivity index (χ1n) is 6.63. The molecule has 0 unspecified atom stereocenters. The zero-order valence-corrected chi connectivity index (χ0v) is 11.5. The van der Waals surface area contributed by atoms with Crippen molar-refractivity contribution in [1.82, 2.24) is 4.98 Å². The Morgan fingerprint density at radius 2 is 1.95 bits per heavy atom. The number of halogens is 1. The van der Waals surface area contributed by atoms with Crippen molar-refractivity contribution in [2.24, 2.45) is 0 Å². The van der Waals surface area contributed by atoms with E-state index < -0.39 is 11.8 Å². The van der Waals surface area contributed by atoms with Crippen molar-refractivity contribution in [1.29, 1.82) is 0 Å². The molecule has 0 saturated carbocycles. The van der Waals surface area contributed by atoms with Crippen LogP contribution in [0.15, 0.2) is 54.7 Å². The number of hydrogen-bond donors (Lipinski definition) is 1. The molecule has 5 heteroatoms. The van der Waals surface area contributed by atoms with Gasteiger partial charge in [0.15, 0.2) is 0 Å². The maximum Gasteiger partial charge on any atom is 0.342 e.